The number of aromatic hydroxyl groups is 1. The lowest BCUT2D eigenvalue weighted by Gasteiger charge is -2.40. The third-order valence-electron chi connectivity index (χ3n) is 3.71. The molecule has 1 atom stereocenters. The molecule has 0 saturated carbocycles. The number of nitrogens with one attached hydrogen (secondary N) is 1. The first-order chi connectivity index (χ1) is 11.7. The van der Waals surface area contributed by atoms with Gasteiger partial charge in [-0.15, -0.1) is 4.99 Å². The molecule has 1 heterocycles. The maximum absolute atomic E-state index is 14.3. The highest BCUT2D eigenvalue weighted by Crippen LogP contribution is 2.32. The summed E-state index contributed by atoms with van der Waals surface area (Å²) >= 11 is 0. The van der Waals surface area contributed by atoms with E-state index in [4.69, 9.17) is 4.74 Å². The molecule has 0 unspecified atom stereocenters. The van der Waals surface area contributed by atoms with Crippen molar-refractivity contribution >= 4 is 22.1 Å². The molecule has 2 N–H and O–H groups in total. The van der Waals surface area contributed by atoms with Crippen LogP contribution < -0.4 is 5.32 Å². The number of nitrogens with zero attached hydrogens (tertiary/aromatic N) is 2. The van der Waals surface area contributed by atoms with Crippen LogP contribution in [0.5, 0.6) is 5.75 Å². The lowest BCUT2D eigenvalue weighted by atomic mass is 9.93. The van der Waals surface area contributed by atoms with E-state index in [1.165, 1.54) is 14.0 Å². The quantitative estimate of drug-likeness (QED) is 0.762. The van der Waals surface area contributed by atoms with Crippen molar-refractivity contribution in [1.29, 1.82) is 0 Å². The number of phenols is 1. The van der Waals surface area contributed by atoms with Crippen molar-refractivity contribution in [1.82, 2.24) is 9.62 Å². The summed E-state index contributed by atoms with van der Waals surface area (Å²) < 4.78 is 45.2. The van der Waals surface area contributed by atoms with Gasteiger partial charge in [-0.1, -0.05) is 0 Å². The molecule has 2 rings (SSSR count). The molecule has 26 heavy (non-hydrogen) atoms. The smallest absolute Gasteiger partial charge is 0.437 e. The second-order valence-corrected chi connectivity index (χ2v) is 9.26. The number of amides is 1. The van der Waals surface area contributed by atoms with Gasteiger partial charge in [0, 0.05) is 12.6 Å². The average molecular weight is 387 g/mol. The highest BCUT2D eigenvalue weighted by molar-refractivity contribution is 7.89. The van der Waals surface area contributed by atoms with Crippen LogP contribution in [0.2, 0.25) is 0 Å². The Morgan fingerprint density at radius 1 is 1.42 bits per heavy atom. The van der Waals surface area contributed by atoms with E-state index >= 15 is 0 Å². The normalized spacial score (nSPS) is 24.2. The van der Waals surface area contributed by atoms with Gasteiger partial charge in [0.05, 0.1) is 11.3 Å². The zero-order valence-corrected chi connectivity index (χ0v) is 16.0. The van der Waals surface area contributed by atoms with E-state index in [0.717, 1.165) is 22.5 Å². The molecule has 0 aliphatic carbocycles. The Bertz CT molecular complexity index is 863. The predicted molar refractivity (Wildman–Crippen MR) is 93.8 cm³/mol. The molecule has 1 fully saturated rings. The number of hydrogen-bond donors (Lipinski definition) is 2. The lowest BCUT2D eigenvalue weighted by molar-refractivity contribution is 0.0602. The first kappa shape index (κ1) is 20.0. The van der Waals surface area contributed by atoms with E-state index < -0.39 is 38.8 Å². The minimum absolute atomic E-state index is 0.0638. The molecule has 0 radical (unpaired) electrons. The van der Waals surface area contributed by atoms with Gasteiger partial charge >= 0.3 is 6.09 Å². The number of carbonyl (C=O) groups excluding carboxylic acids is 1. The molecule has 10 heteroatoms. The van der Waals surface area contributed by atoms with E-state index in [2.05, 4.69) is 10.3 Å². The van der Waals surface area contributed by atoms with Crippen molar-refractivity contribution in [2.75, 3.05) is 12.8 Å². The maximum atomic E-state index is 14.3. The van der Waals surface area contributed by atoms with Crippen LogP contribution in [0.3, 0.4) is 0 Å². The Labute approximate surface area is 151 Å². The third kappa shape index (κ3) is 4.24. The van der Waals surface area contributed by atoms with Crippen molar-refractivity contribution in [2.24, 2.45) is 4.99 Å². The monoisotopic (exact) mass is 387 g/mol. The summed E-state index contributed by atoms with van der Waals surface area (Å²) in [6, 6.07) is 3.32. The Hall–Kier alpha value is -2.36. The first-order valence-electron chi connectivity index (χ1n) is 7.79. The molecule has 0 aromatic heterocycles. The van der Waals surface area contributed by atoms with Crippen molar-refractivity contribution in [3.05, 3.63) is 29.6 Å². The Kier molecular flexibility index (Phi) is 4.93. The minimum Gasteiger partial charge on any atom is -0.508 e. The van der Waals surface area contributed by atoms with Gasteiger partial charge < -0.3 is 15.2 Å². The lowest BCUT2D eigenvalue weighted by Crippen LogP contribution is -2.61. The second-order valence-electron chi connectivity index (χ2n) is 7.26. The van der Waals surface area contributed by atoms with Gasteiger partial charge in [0.2, 0.25) is 16.0 Å². The summed E-state index contributed by atoms with van der Waals surface area (Å²) in [6.07, 6.45) is -0.984. The maximum Gasteiger partial charge on any atom is 0.437 e. The summed E-state index contributed by atoms with van der Waals surface area (Å²) in [5, 5.41) is 12.4. The number of hydrogen-bond acceptors (Lipinski definition) is 5. The molecule has 1 aliphatic heterocycles. The van der Waals surface area contributed by atoms with Crippen LogP contribution in [0.15, 0.2) is 23.2 Å². The van der Waals surface area contributed by atoms with Crippen LogP contribution in [0.25, 0.3) is 0 Å². The average Bonchev–Trinajstić information content (AvgIpc) is 2.44. The SMILES string of the molecule is CN1/C(=N/C(=O)OC(C)(C)C)N[C@](C)(c2cc(O)ccc2F)CS1(=O)=O. The fraction of sp³-hybridized carbons (Fsp3) is 0.500. The number of guanidine groups is 1. The molecule has 1 saturated heterocycles. The summed E-state index contributed by atoms with van der Waals surface area (Å²) in [5.74, 6) is -1.71. The fourth-order valence-corrected chi connectivity index (χ4v) is 4.01. The van der Waals surface area contributed by atoms with E-state index in [1.807, 2.05) is 0 Å². The predicted octanol–water partition coefficient (Wildman–Crippen LogP) is 1.90. The molecule has 0 bridgehead atoms. The fourth-order valence-electron chi connectivity index (χ4n) is 2.51. The van der Waals surface area contributed by atoms with E-state index in [9.17, 15) is 22.7 Å². The van der Waals surface area contributed by atoms with Crippen molar-refractivity contribution in [2.45, 2.75) is 38.8 Å². The van der Waals surface area contributed by atoms with Gasteiger partial charge in [-0.2, -0.15) is 0 Å². The number of carbonyl (C=O) groups is 1. The zero-order valence-electron chi connectivity index (χ0n) is 15.2. The number of ether oxygens (including phenoxy) is 1. The molecule has 8 nitrogen and oxygen atoms in total. The summed E-state index contributed by atoms with van der Waals surface area (Å²) in [6.45, 7) is 6.38. The Morgan fingerprint density at radius 3 is 2.62 bits per heavy atom. The van der Waals surface area contributed by atoms with E-state index in [-0.39, 0.29) is 17.3 Å². The van der Waals surface area contributed by atoms with Crippen molar-refractivity contribution in [3.63, 3.8) is 0 Å². The number of phenolic OH excluding ortho intramolecular Hbond substituents is 1. The third-order valence-corrected chi connectivity index (χ3v) is 5.66. The van der Waals surface area contributed by atoms with Gasteiger partial charge in [-0.3, -0.25) is 0 Å². The van der Waals surface area contributed by atoms with Crippen LogP contribution in [0, 0.1) is 5.82 Å². The van der Waals surface area contributed by atoms with Gasteiger partial charge in [-0.25, -0.2) is 21.9 Å². The highest BCUT2D eigenvalue weighted by Gasteiger charge is 2.44. The number of sulfonamides is 1. The molecule has 1 aromatic rings. The first-order valence-corrected chi connectivity index (χ1v) is 9.40. The summed E-state index contributed by atoms with van der Waals surface area (Å²) in [5.41, 5.74) is -2.32. The van der Waals surface area contributed by atoms with Crippen molar-refractivity contribution < 1.29 is 27.4 Å². The molecule has 144 valence electrons. The largest absolute Gasteiger partial charge is 0.508 e. The second kappa shape index (κ2) is 6.42. The van der Waals surface area contributed by atoms with Crippen LogP contribution in [0.4, 0.5) is 9.18 Å². The Balaban J connectivity index is 2.49. The minimum atomic E-state index is -3.90. The molecule has 1 aliphatic rings. The molecule has 1 amide bonds. The van der Waals surface area contributed by atoms with Crippen LogP contribution in [-0.2, 0) is 20.3 Å². The summed E-state index contributed by atoms with van der Waals surface area (Å²) in [7, 11) is -2.68. The topological polar surface area (TPSA) is 108 Å². The number of aliphatic imine (C=N–C) groups is 1. The van der Waals surface area contributed by atoms with Gasteiger partial charge in [0.25, 0.3) is 0 Å². The standard InChI is InChI=1S/C16H22FN3O5S/c1-15(2,3)25-14(22)18-13-19-16(4,9-26(23,24)20(13)5)11-8-10(21)6-7-12(11)17/h6-8,21H,9H2,1-5H3,(H,18,19,22)/t16-/m0/s1. The summed E-state index contributed by atoms with van der Waals surface area (Å²) in [4.78, 5) is 15.6. The van der Waals surface area contributed by atoms with Gasteiger partial charge in [-0.05, 0) is 45.9 Å². The van der Waals surface area contributed by atoms with Crippen LogP contribution in [-0.4, -0.2) is 48.3 Å². The molecular weight excluding hydrogens is 365 g/mol. The van der Waals surface area contributed by atoms with Crippen molar-refractivity contribution in [3.8, 4) is 5.75 Å². The van der Waals surface area contributed by atoms with Gasteiger partial charge in [0.1, 0.15) is 17.2 Å². The van der Waals surface area contributed by atoms with E-state index in [1.54, 1.807) is 20.8 Å². The van der Waals surface area contributed by atoms with Crippen LogP contribution >= 0.6 is 0 Å². The molecule has 0 spiro atoms. The van der Waals surface area contributed by atoms with E-state index in [0.29, 0.717) is 0 Å². The Morgan fingerprint density at radius 2 is 2.04 bits per heavy atom. The number of benzene rings is 1. The number of halogens is 1. The zero-order chi connectivity index (χ0) is 19.9. The molecular formula is C16H22FN3O5S. The molecule has 1 aromatic carbocycles. The van der Waals surface area contributed by atoms with Crippen LogP contribution in [0.1, 0.15) is 33.3 Å². The number of rotatable bonds is 1. The van der Waals surface area contributed by atoms with Gasteiger partial charge in [0.15, 0.2) is 0 Å². The highest BCUT2D eigenvalue weighted by atomic mass is 32.2.